The van der Waals surface area contributed by atoms with Crippen LogP contribution in [0.25, 0.3) is 11.4 Å². The third-order valence-electron chi connectivity index (χ3n) is 1.58. The maximum atomic E-state index is 5.89. The molecular formula is C9H6ClN3. The van der Waals surface area contributed by atoms with E-state index in [1.165, 1.54) is 6.33 Å². The lowest BCUT2D eigenvalue weighted by Gasteiger charge is -1.99. The summed E-state index contributed by atoms with van der Waals surface area (Å²) in [5.41, 5.74) is 1.42. The van der Waals surface area contributed by atoms with Crippen molar-refractivity contribution >= 4 is 11.6 Å². The third-order valence-corrected chi connectivity index (χ3v) is 1.85. The van der Waals surface area contributed by atoms with Crippen LogP contribution >= 0.6 is 11.6 Å². The van der Waals surface area contributed by atoms with Gasteiger partial charge in [-0.3, -0.25) is 4.98 Å². The normalized spacial score (nSPS) is 9.92. The number of halogens is 1. The lowest BCUT2D eigenvalue weighted by atomic mass is 10.2. The summed E-state index contributed by atoms with van der Waals surface area (Å²) in [4.78, 5) is 12.0. The Morgan fingerprint density at radius 2 is 2.08 bits per heavy atom. The molecule has 0 atom stereocenters. The van der Waals surface area contributed by atoms with Crippen molar-refractivity contribution in [2.24, 2.45) is 0 Å². The molecule has 0 spiro atoms. The maximum Gasteiger partial charge on any atom is 0.116 e. The highest BCUT2D eigenvalue weighted by molar-refractivity contribution is 6.32. The standard InChI is InChI=1S/C9H6ClN3/c10-7-5-11-6-13-9(7)8-3-1-2-4-12-8/h1-6H. The largest absolute Gasteiger partial charge is 0.255 e. The van der Waals surface area contributed by atoms with Gasteiger partial charge in [-0.15, -0.1) is 0 Å². The van der Waals surface area contributed by atoms with Crippen LogP contribution < -0.4 is 0 Å². The van der Waals surface area contributed by atoms with Gasteiger partial charge >= 0.3 is 0 Å². The molecule has 4 heteroatoms. The van der Waals surface area contributed by atoms with Crippen molar-refractivity contribution in [2.75, 3.05) is 0 Å². The molecule has 2 rings (SSSR count). The Kier molecular flexibility index (Phi) is 2.19. The molecule has 0 bridgehead atoms. The van der Waals surface area contributed by atoms with Gasteiger partial charge in [0, 0.05) is 12.4 Å². The molecule has 13 heavy (non-hydrogen) atoms. The lowest BCUT2D eigenvalue weighted by molar-refractivity contribution is 1.15. The molecule has 0 radical (unpaired) electrons. The summed E-state index contributed by atoms with van der Waals surface area (Å²) in [7, 11) is 0. The minimum absolute atomic E-state index is 0.515. The highest BCUT2D eigenvalue weighted by Crippen LogP contribution is 2.21. The molecule has 3 nitrogen and oxygen atoms in total. The molecule has 0 aliphatic heterocycles. The van der Waals surface area contributed by atoms with E-state index in [4.69, 9.17) is 11.6 Å². The van der Waals surface area contributed by atoms with Crippen molar-refractivity contribution < 1.29 is 0 Å². The van der Waals surface area contributed by atoms with Crippen molar-refractivity contribution in [1.29, 1.82) is 0 Å². The van der Waals surface area contributed by atoms with E-state index < -0.39 is 0 Å². The molecule has 0 aliphatic rings. The molecule has 0 saturated heterocycles. The Bertz CT molecular complexity index is 403. The molecule has 2 heterocycles. The topological polar surface area (TPSA) is 38.7 Å². The number of hydrogen-bond acceptors (Lipinski definition) is 3. The van der Waals surface area contributed by atoms with E-state index in [-0.39, 0.29) is 0 Å². The summed E-state index contributed by atoms with van der Waals surface area (Å²) in [6.07, 6.45) is 4.71. The number of pyridine rings is 1. The first-order valence-corrected chi connectivity index (χ1v) is 4.12. The van der Waals surface area contributed by atoms with Crippen LogP contribution in [-0.4, -0.2) is 15.0 Å². The van der Waals surface area contributed by atoms with E-state index in [0.717, 1.165) is 5.69 Å². The van der Waals surface area contributed by atoms with Gasteiger partial charge in [-0.25, -0.2) is 9.97 Å². The Morgan fingerprint density at radius 3 is 2.77 bits per heavy atom. The molecule has 0 N–H and O–H groups in total. The number of aromatic nitrogens is 3. The van der Waals surface area contributed by atoms with Crippen LogP contribution in [0.15, 0.2) is 36.9 Å². The van der Waals surface area contributed by atoms with Crippen molar-refractivity contribution in [1.82, 2.24) is 15.0 Å². The summed E-state index contributed by atoms with van der Waals surface area (Å²) >= 11 is 5.89. The van der Waals surface area contributed by atoms with Gasteiger partial charge in [-0.2, -0.15) is 0 Å². The predicted octanol–water partition coefficient (Wildman–Crippen LogP) is 2.19. The summed E-state index contributed by atoms with van der Waals surface area (Å²) in [5.74, 6) is 0. The zero-order chi connectivity index (χ0) is 9.10. The van der Waals surface area contributed by atoms with E-state index in [2.05, 4.69) is 15.0 Å². The van der Waals surface area contributed by atoms with Gasteiger partial charge in [0.1, 0.15) is 12.0 Å². The molecule has 2 aromatic rings. The van der Waals surface area contributed by atoms with E-state index in [1.807, 2.05) is 18.2 Å². The van der Waals surface area contributed by atoms with Crippen LogP contribution in [0.1, 0.15) is 0 Å². The van der Waals surface area contributed by atoms with Crippen LogP contribution in [0.3, 0.4) is 0 Å². The van der Waals surface area contributed by atoms with Crippen molar-refractivity contribution in [3.63, 3.8) is 0 Å². The van der Waals surface area contributed by atoms with E-state index in [9.17, 15) is 0 Å². The zero-order valence-corrected chi connectivity index (χ0v) is 7.44. The second kappa shape index (κ2) is 3.49. The van der Waals surface area contributed by atoms with Crippen LogP contribution in [0, 0.1) is 0 Å². The van der Waals surface area contributed by atoms with Gasteiger partial charge in [0.25, 0.3) is 0 Å². The molecular weight excluding hydrogens is 186 g/mol. The highest BCUT2D eigenvalue weighted by Gasteiger charge is 2.03. The Balaban J connectivity index is 2.54. The zero-order valence-electron chi connectivity index (χ0n) is 6.68. The monoisotopic (exact) mass is 191 g/mol. The molecule has 0 saturated carbocycles. The Labute approximate surface area is 80.5 Å². The minimum atomic E-state index is 0.515. The van der Waals surface area contributed by atoms with E-state index in [1.54, 1.807) is 12.4 Å². The fraction of sp³-hybridized carbons (Fsp3) is 0. The van der Waals surface area contributed by atoms with Crippen LogP contribution in [0.5, 0.6) is 0 Å². The molecule has 2 aromatic heterocycles. The predicted molar refractivity (Wildman–Crippen MR) is 50.3 cm³/mol. The first kappa shape index (κ1) is 8.13. The van der Waals surface area contributed by atoms with Gasteiger partial charge in [-0.05, 0) is 12.1 Å². The van der Waals surface area contributed by atoms with E-state index >= 15 is 0 Å². The van der Waals surface area contributed by atoms with Gasteiger partial charge in [0.15, 0.2) is 0 Å². The Morgan fingerprint density at radius 1 is 1.15 bits per heavy atom. The highest BCUT2D eigenvalue weighted by atomic mass is 35.5. The molecule has 64 valence electrons. The first-order chi connectivity index (χ1) is 6.38. The second-order valence-corrected chi connectivity index (χ2v) is 2.84. The summed E-state index contributed by atoms with van der Waals surface area (Å²) in [5, 5.41) is 0.515. The summed E-state index contributed by atoms with van der Waals surface area (Å²) in [6.45, 7) is 0. The average molecular weight is 192 g/mol. The minimum Gasteiger partial charge on any atom is -0.255 e. The smallest absolute Gasteiger partial charge is 0.116 e. The van der Waals surface area contributed by atoms with Gasteiger partial charge in [0.05, 0.1) is 10.7 Å². The summed E-state index contributed by atoms with van der Waals surface area (Å²) < 4.78 is 0. The van der Waals surface area contributed by atoms with Gasteiger partial charge in [0.2, 0.25) is 0 Å². The quantitative estimate of drug-likeness (QED) is 0.694. The second-order valence-electron chi connectivity index (χ2n) is 2.43. The Hall–Kier alpha value is -1.48. The fourth-order valence-electron chi connectivity index (χ4n) is 1.00. The average Bonchev–Trinajstić information content (AvgIpc) is 2.20. The maximum absolute atomic E-state index is 5.89. The van der Waals surface area contributed by atoms with Gasteiger partial charge < -0.3 is 0 Å². The van der Waals surface area contributed by atoms with Crippen LogP contribution in [0.4, 0.5) is 0 Å². The first-order valence-electron chi connectivity index (χ1n) is 3.75. The molecule has 0 amide bonds. The lowest BCUT2D eigenvalue weighted by Crippen LogP contribution is -1.88. The van der Waals surface area contributed by atoms with Crippen molar-refractivity contribution in [3.05, 3.63) is 41.9 Å². The summed E-state index contributed by atoms with van der Waals surface area (Å²) in [6, 6.07) is 5.59. The molecule has 0 aliphatic carbocycles. The SMILES string of the molecule is Clc1cncnc1-c1ccccn1. The third kappa shape index (κ3) is 1.65. The van der Waals surface area contributed by atoms with Crippen LogP contribution in [-0.2, 0) is 0 Å². The number of hydrogen-bond donors (Lipinski definition) is 0. The number of rotatable bonds is 1. The van der Waals surface area contributed by atoms with Crippen LogP contribution in [0.2, 0.25) is 5.02 Å². The fourth-order valence-corrected chi connectivity index (χ4v) is 1.21. The van der Waals surface area contributed by atoms with E-state index in [0.29, 0.717) is 10.7 Å². The van der Waals surface area contributed by atoms with Crippen molar-refractivity contribution in [2.45, 2.75) is 0 Å². The van der Waals surface area contributed by atoms with Gasteiger partial charge in [-0.1, -0.05) is 17.7 Å². The number of nitrogens with zero attached hydrogens (tertiary/aromatic N) is 3. The molecule has 0 unspecified atom stereocenters. The molecule has 0 fully saturated rings. The van der Waals surface area contributed by atoms with Crippen molar-refractivity contribution in [3.8, 4) is 11.4 Å². The molecule has 0 aromatic carbocycles.